The Hall–Kier alpha value is -0.660. The summed E-state index contributed by atoms with van der Waals surface area (Å²) in [6.45, 7) is 5.86. The van der Waals surface area contributed by atoms with E-state index in [-0.39, 0.29) is 0 Å². The number of unbranched alkanes of at least 4 members (excludes halogenated alkanes) is 26. The summed E-state index contributed by atoms with van der Waals surface area (Å²) >= 11 is 0. The Balaban J connectivity index is 1.87. The molecule has 0 N–H and O–H groups in total. The van der Waals surface area contributed by atoms with Crippen LogP contribution >= 0.6 is 0 Å². The van der Waals surface area contributed by atoms with Crippen LogP contribution in [0.4, 0.5) is 0 Å². The second kappa shape index (κ2) is 27.9. The first-order valence-corrected chi connectivity index (χ1v) is 18.0. The minimum Gasteiger partial charge on any atom is -0.359 e. The lowest BCUT2D eigenvalue weighted by Crippen LogP contribution is -2.37. The second-order valence-corrected chi connectivity index (χ2v) is 12.7. The molecular formula is C36H72N2. The van der Waals surface area contributed by atoms with Gasteiger partial charge in [0.15, 0.2) is 0 Å². The molecule has 2 nitrogen and oxygen atoms in total. The molecule has 226 valence electrons. The van der Waals surface area contributed by atoms with E-state index in [0.717, 1.165) is 0 Å². The molecule has 0 fully saturated rings. The fourth-order valence-electron chi connectivity index (χ4n) is 6.23. The molecule has 1 unspecified atom stereocenters. The van der Waals surface area contributed by atoms with E-state index < -0.39 is 0 Å². The maximum atomic E-state index is 2.63. The highest BCUT2D eigenvalue weighted by atomic mass is 15.4. The lowest BCUT2D eigenvalue weighted by atomic mass is 10.0. The molecule has 0 radical (unpaired) electrons. The van der Waals surface area contributed by atoms with Crippen LogP contribution < -0.4 is 0 Å². The predicted octanol–water partition coefficient (Wildman–Crippen LogP) is 12.4. The summed E-state index contributed by atoms with van der Waals surface area (Å²) in [4.78, 5) is 5.08. The molecule has 38 heavy (non-hydrogen) atoms. The molecule has 0 saturated heterocycles. The molecule has 1 heterocycles. The highest BCUT2D eigenvalue weighted by Gasteiger charge is 2.22. The maximum Gasteiger partial charge on any atom is 0.100 e. The monoisotopic (exact) mass is 533 g/mol. The van der Waals surface area contributed by atoms with E-state index >= 15 is 0 Å². The van der Waals surface area contributed by atoms with Crippen molar-refractivity contribution in [3.63, 3.8) is 0 Å². The van der Waals surface area contributed by atoms with Crippen molar-refractivity contribution in [3.05, 3.63) is 12.4 Å². The molecule has 0 aromatic rings. The SMILES string of the molecule is CCCCCCCCCCCCCCCCCC1N(C)C=CN1CCCCCCCCCCCCCCC. The van der Waals surface area contributed by atoms with Gasteiger partial charge in [0.25, 0.3) is 0 Å². The van der Waals surface area contributed by atoms with Gasteiger partial charge in [0.2, 0.25) is 0 Å². The Bertz CT molecular complexity index is 488. The van der Waals surface area contributed by atoms with Gasteiger partial charge in [-0.3, -0.25) is 0 Å². The molecule has 1 aliphatic heterocycles. The number of nitrogens with zero attached hydrogens (tertiary/aromatic N) is 2. The van der Waals surface area contributed by atoms with Crippen LogP contribution in [-0.2, 0) is 0 Å². The normalized spacial score (nSPS) is 15.3. The summed E-state index contributed by atoms with van der Waals surface area (Å²) in [5.74, 6) is 0. The van der Waals surface area contributed by atoms with Crippen LogP contribution in [0.15, 0.2) is 12.4 Å². The van der Waals surface area contributed by atoms with Crippen LogP contribution in [0.2, 0.25) is 0 Å². The van der Waals surface area contributed by atoms with Crippen molar-refractivity contribution in [2.24, 2.45) is 0 Å². The van der Waals surface area contributed by atoms with Gasteiger partial charge in [-0.1, -0.05) is 181 Å². The minimum atomic E-state index is 0.620. The molecule has 0 aromatic heterocycles. The maximum absolute atomic E-state index is 2.63. The van der Waals surface area contributed by atoms with Crippen molar-refractivity contribution in [1.29, 1.82) is 0 Å². The summed E-state index contributed by atoms with van der Waals surface area (Å²) in [7, 11) is 2.27. The average Bonchev–Trinajstić information content (AvgIpc) is 3.27. The minimum absolute atomic E-state index is 0.620. The molecule has 0 aromatic carbocycles. The van der Waals surface area contributed by atoms with Crippen molar-refractivity contribution in [2.75, 3.05) is 13.6 Å². The Labute approximate surface area is 241 Å². The first-order valence-electron chi connectivity index (χ1n) is 18.0. The van der Waals surface area contributed by atoms with Gasteiger partial charge in [-0.2, -0.15) is 0 Å². The van der Waals surface area contributed by atoms with Gasteiger partial charge in [-0.25, -0.2) is 0 Å². The third kappa shape index (κ3) is 21.2. The zero-order chi connectivity index (χ0) is 27.4. The van der Waals surface area contributed by atoms with E-state index in [1.54, 1.807) is 0 Å². The predicted molar refractivity (Wildman–Crippen MR) is 173 cm³/mol. The lowest BCUT2D eigenvalue weighted by Gasteiger charge is -2.30. The molecule has 0 spiro atoms. The van der Waals surface area contributed by atoms with E-state index in [1.165, 1.54) is 193 Å². The molecule has 0 bridgehead atoms. The lowest BCUT2D eigenvalue weighted by molar-refractivity contribution is 0.159. The van der Waals surface area contributed by atoms with Gasteiger partial charge < -0.3 is 9.80 Å². The molecule has 0 saturated carbocycles. The van der Waals surface area contributed by atoms with Crippen molar-refractivity contribution < 1.29 is 0 Å². The first kappa shape index (κ1) is 35.4. The standard InChI is InChI=1S/C36H72N2/c1-4-6-8-10-12-14-16-18-19-20-22-24-26-28-30-32-36-37(3)34-35-38(36)33-31-29-27-25-23-21-17-15-13-11-9-7-5-2/h34-36H,4-33H2,1-3H3. The van der Waals surface area contributed by atoms with Gasteiger partial charge in [-0.05, 0) is 19.3 Å². The van der Waals surface area contributed by atoms with Gasteiger partial charge in [0.1, 0.15) is 6.17 Å². The Morgan fingerprint density at radius 3 is 1.08 bits per heavy atom. The van der Waals surface area contributed by atoms with Crippen LogP contribution in [0, 0.1) is 0 Å². The summed E-state index contributed by atoms with van der Waals surface area (Å²) in [6.07, 6.45) is 47.1. The molecule has 1 aliphatic rings. The van der Waals surface area contributed by atoms with Gasteiger partial charge in [0, 0.05) is 26.0 Å². The highest BCUT2D eigenvalue weighted by molar-refractivity contribution is 4.95. The molecular weight excluding hydrogens is 460 g/mol. The summed E-state index contributed by atoms with van der Waals surface area (Å²) in [5.41, 5.74) is 0. The van der Waals surface area contributed by atoms with E-state index in [4.69, 9.17) is 0 Å². The fourth-order valence-corrected chi connectivity index (χ4v) is 6.23. The van der Waals surface area contributed by atoms with Crippen LogP contribution in [0.25, 0.3) is 0 Å². The van der Waals surface area contributed by atoms with E-state index in [2.05, 4.69) is 43.1 Å². The van der Waals surface area contributed by atoms with Crippen LogP contribution in [0.5, 0.6) is 0 Å². The Kier molecular flexibility index (Phi) is 26.0. The van der Waals surface area contributed by atoms with Crippen molar-refractivity contribution >= 4 is 0 Å². The van der Waals surface area contributed by atoms with E-state index in [0.29, 0.717) is 6.17 Å². The van der Waals surface area contributed by atoms with Crippen LogP contribution in [-0.4, -0.2) is 29.6 Å². The summed E-state index contributed by atoms with van der Waals surface area (Å²) in [5, 5.41) is 0. The third-order valence-electron chi connectivity index (χ3n) is 8.93. The van der Waals surface area contributed by atoms with E-state index in [9.17, 15) is 0 Å². The van der Waals surface area contributed by atoms with Gasteiger partial charge >= 0.3 is 0 Å². The summed E-state index contributed by atoms with van der Waals surface area (Å²) < 4.78 is 0. The van der Waals surface area contributed by atoms with Crippen molar-refractivity contribution in [2.45, 2.75) is 206 Å². The molecule has 2 heteroatoms. The molecule has 1 atom stereocenters. The first-order chi connectivity index (χ1) is 18.8. The van der Waals surface area contributed by atoms with Crippen molar-refractivity contribution in [1.82, 2.24) is 9.80 Å². The largest absolute Gasteiger partial charge is 0.359 e. The quantitative estimate of drug-likeness (QED) is 0.0848. The number of hydrogen-bond acceptors (Lipinski definition) is 2. The third-order valence-corrected chi connectivity index (χ3v) is 8.93. The average molecular weight is 533 g/mol. The Morgan fingerprint density at radius 1 is 0.395 bits per heavy atom. The molecule has 0 amide bonds. The zero-order valence-corrected chi connectivity index (χ0v) is 26.8. The van der Waals surface area contributed by atoms with Gasteiger partial charge in [-0.15, -0.1) is 0 Å². The van der Waals surface area contributed by atoms with Crippen molar-refractivity contribution in [3.8, 4) is 0 Å². The Morgan fingerprint density at radius 2 is 0.711 bits per heavy atom. The fraction of sp³-hybridized carbons (Fsp3) is 0.944. The van der Waals surface area contributed by atoms with Gasteiger partial charge in [0.05, 0.1) is 0 Å². The topological polar surface area (TPSA) is 6.48 Å². The molecule has 0 aliphatic carbocycles. The van der Waals surface area contributed by atoms with E-state index in [1.807, 2.05) is 0 Å². The van der Waals surface area contributed by atoms with Crippen LogP contribution in [0.3, 0.4) is 0 Å². The smallest absolute Gasteiger partial charge is 0.100 e. The van der Waals surface area contributed by atoms with Crippen LogP contribution in [0.1, 0.15) is 200 Å². The summed E-state index contributed by atoms with van der Waals surface area (Å²) in [6, 6.07) is 0. The number of rotatable bonds is 30. The second-order valence-electron chi connectivity index (χ2n) is 12.7. The molecule has 1 rings (SSSR count). The highest BCUT2D eigenvalue weighted by Crippen LogP contribution is 2.22. The number of hydrogen-bond donors (Lipinski definition) is 0. The zero-order valence-electron chi connectivity index (χ0n) is 26.8.